The van der Waals surface area contributed by atoms with E-state index in [9.17, 15) is 0 Å². The number of furan rings is 1. The van der Waals surface area contributed by atoms with Gasteiger partial charge in [-0.3, -0.25) is 0 Å². The molecule has 7 rings (SSSR count). The molecule has 0 saturated heterocycles. The summed E-state index contributed by atoms with van der Waals surface area (Å²) < 4.78 is 6.64. The fourth-order valence-corrected chi connectivity index (χ4v) is 5.30. The molecule has 0 radical (unpaired) electrons. The second-order valence-electron chi connectivity index (χ2n) is 9.04. The first-order valence-corrected chi connectivity index (χ1v) is 11.5. The lowest BCUT2D eigenvalue weighted by Crippen LogP contribution is -1.83. The van der Waals surface area contributed by atoms with Crippen LogP contribution in [0.4, 0.5) is 0 Å². The summed E-state index contributed by atoms with van der Waals surface area (Å²) in [4.78, 5) is 0. The van der Waals surface area contributed by atoms with Gasteiger partial charge in [-0.2, -0.15) is 0 Å². The van der Waals surface area contributed by atoms with E-state index in [4.69, 9.17) is 4.42 Å². The van der Waals surface area contributed by atoms with Crippen molar-refractivity contribution in [2.75, 3.05) is 0 Å². The van der Waals surface area contributed by atoms with Crippen LogP contribution in [-0.2, 0) is 6.42 Å². The fraction of sp³-hybridized carbons (Fsp3) is 0.0625. The van der Waals surface area contributed by atoms with Crippen LogP contribution in [0.1, 0.15) is 16.7 Å². The maximum atomic E-state index is 6.64. The third-order valence-corrected chi connectivity index (χ3v) is 7.00. The highest BCUT2D eigenvalue weighted by Gasteiger charge is 2.20. The molecule has 1 aliphatic carbocycles. The van der Waals surface area contributed by atoms with Crippen molar-refractivity contribution in [2.45, 2.75) is 13.3 Å². The molecule has 1 nitrogen and oxygen atoms in total. The summed E-state index contributed by atoms with van der Waals surface area (Å²) in [6, 6.07) is 37.2. The molecule has 156 valence electrons. The predicted octanol–water partition coefficient (Wildman–Crippen LogP) is 8.80. The first kappa shape index (κ1) is 18.5. The molecule has 0 bridgehead atoms. The zero-order valence-corrected chi connectivity index (χ0v) is 18.4. The van der Waals surface area contributed by atoms with Crippen LogP contribution in [0.2, 0.25) is 0 Å². The molecule has 5 aromatic carbocycles. The minimum atomic E-state index is 0.954. The average molecular weight is 423 g/mol. The molecule has 0 atom stereocenters. The summed E-state index contributed by atoms with van der Waals surface area (Å²) in [6.45, 7) is 2.12. The topological polar surface area (TPSA) is 13.1 Å². The first-order chi connectivity index (χ1) is 16.3. The van der Waals surface area contributed by atoms with Crippen molar-refractivity contribution >= 4 is 21.9 Å². The quantitative estimate of drug-likeness (QED) is 0.271. The van der Waals surface area contributed by atoms with Crippen LogP contribution in [0, 0.1) is 6.92 Å². The second-order valence-corrected chi connectivity index (χ2v) is 9.04. The Balaban J connectivity index is 1.45. The van der Waals surface area contributed by atoms with Gasteiger partial charge in [0.25, 0.3) is 0 Å². The minimum absolute atomic E-state index is 0.954. The summed E-state index contributed by atoms with van der Waals surface area (Å²) in [5.41, 5.74) is 13.3. The second kappa shape index (κ2) is 6.95. The fourth-order valence-electron chi connectivity index (χ4n) is 5.30. The van der Waals surface area contributed by atoms with E-state index in [2.05, 4.69) is 110 Å². The Labute approximate surface area is 192 Å². The molecule has 1 aromatic heterocycles. The van der Waals surface area contributed by atoms with Gasteiger partial charge in [0.15, 0.2) is 0 Å². The molecule has 1 heteroatoms. The zero-order chi connectivity index (χ0) is 21.9. The third-order valence-electron chi connectivity index (χ3n) is 7.00. The SMILES string of the molecule is Cc1ccc(-c2cccc3c2oc2c(-c4ccc5c(c4)-c4ccccc4C5)cccc23)cc1. The lowest BCUT2D eigenvalue weighted by Gasteiger charge is -2.07. The molecule has 33 heavy (non-hydrogen) atoms. The van der Waals surface area contributed by atoms with Crippen LogP contribution < -0.4 is 0 Å². The number of para-hydroxylation sites is 2. The molecular weight excluding hydrogens is 400 g/mol. The van der Waals surface area contributed by atoms with Gasteiger partial charge in [0.2, 0.25) is 0 Å². The molecule has 6 aromatic rings. The molecule has 0 spiro atoms. The number of aryl methyl sites for hydroxylation is 1. The van der Waals surface area contributed by atoms with Crippen molar-refractivity contribution in [3.05, 3.63) is 120 Å². The van der Waals surface area contributed by atoms with Gasteiger partial charge in [0.1, 0.15) is 11.2 Å². The van der Waals surface area contributed by atoms with Gasteiger partial charge in [-0.15, -0.1) is 0 Å². The van der Waals surface area contributed by atoms with Crippen molar-refractivity contribution in [3.8, 4) is 33.4 Å². The van der Waals surface area contributed by atoms with Crippen molar-refractivity contribution in [2.24, 2.45) is 0 Å². The van der Waals surface area contributed by atoms with Crippen LogP contribution in [0.5, 0.6) is 0 Å². The molecule has 1 aliphatic rings. The van der Waals surface area contributed by atoms with E-state index in [0.717, 1.165) is 39.5 Å². The normalized spacial score (nSPS) is 12.3. The van der Waals surface area contributed by atoms with E-state index in [-0.39, 0.29) is 0 Å². The number of rotatable bonds is 2. The molecule has 0 unspecified atom stereocenters. The van der Waals surface area contributed by atoms with Gasteiger partial charge < -0.3 is 4.42 Å². The maximum absolute atomic E-state index is 6.64. The number of hydrogen-bond donors (Lipinski definition) is 0. The Morgan fingerprint density at radius 3 is 1.88 bits per heavy atom. The standard InChI is InChI=1S/C32H22O/c1-20-12-14-21(15-13-20)26-8-4-10-28-29-11-5-9-27(32(29)33-31(26)28)24-17-16-23-18-22-6-2-3-7-25(22)30(23)19-24/h2-17,19H,18H2,1H3. The summed E-state index contributed by atoms with van der Waals surface area (Å²) >= 11 is 0. The first-order valence-electron chi connectivity index (χ1n) is 11.5. The molecule has 0 amide bonds. The van der Waals surface area contributed by atoms with Crippen LogP contribution in [0.15, 0.2) is 108 Å². The highest BCUT2D eigenvalue weighted by molar-refractivity contribution is 6.13. The van der Waals surface area contributed by atoms with E-state index in [0.29, 0.717) is 0 Å². The summed E-state index contributed by atoms with van der Waals surface area (Å²) in [5.74, 6) is 0. The van der Waals surface area contributed by atoms with Gasteiger partial charge in [-0.05, 0) is 52.8 Å². The summed E-state index contributed by atoms with van der Waals surface area (Å²) in [7, 11) is 0. The van der Waals surface area contributed by atoms with Gasteiger partial charge in [0, 0.05) is 21.9 Å². The minimum Gasteiger partial charge on any atom is -0.455 e. The van der Waals surface area contributed by atoms with Crippen molar-refractivity contribution in [3.63, 3.8) is 0 Å². The van der Waals surface area contributed by atoms with E-state index < -0.39 is 0 Å². The van der Waals surface area contributed by atoms with Crippen LogP contribution >= 0.6 is 0 Å². The van der Waals surface area contributed by atoms with E-state index in [1.54, 1.807) is 0 Å². The van der Waals surface area contributed by atoms with Crippen molar-refractivity contribution < 1.29 is 4.42 Å². The lowest BCUT2D eigenvalue weighted by molar-refractivity contribution is 0.671. The average Bonchev–Trinajstić information content (AvgIpc) is 3.42. The zero-order valence-electron chi connectivity index (χ0n) is 18.4. The maximum Gasteiger partial charge on any atom is 0.143 e. The van der Waals surface area contributed by atoms with Gasteiger partial charge in [-0.25, -0.2) is 0 Å². The number of hydrogen-bond acceptors (Lipinski definition) is 1. The Morgan fingerprint density at radius 2 is 1.12 bits per heavy atom. The Hall–Kier alpha value is -4.10. The third kappa shape index (κ3) is 2.79. The van der Waals surface area contributed by atoms with Gasteiger partial charge in [0.05, 0.1) is 0 Å². The van der Waals surface area contributed by atoms with Gasteiger partial charge >= 0.3 is 0 Å². The summed E-state index contributed by atoms with van der Waals surface area (Å²) in [5, 5.41) is 2.33. The monoisotopic (exact) mass is 422 g/mol. The highest BCUT2D eigenvalue weighted by Crippen LogP contribution is 2.42. The molecule has 0 N–H and O–H groups in total. The molecule has 1 heterocycles. The number of benzene rings is 5. The molecule has 0 saturated carbocycles. The van der Waals surface area contributed by atoms with Crippen LogP contribution in [-0.4, -0.2) is 0 Å². The highest BCUT2D eigenvalue weighted by atomic mass is 16.3. The lowest BCUT2D eigenvalue weighted by atomic mass is 9.97. The Bertz CT molecular complexity index is 1680. The largest absolute Gasteiger partial charge is 0.455 e. The molecular formula is C32H22O. The number of fused-ring (bicyclic) bond motifs is 6. The van der Waals surface area contributed by atoms with Crippen molar-refractivity contribution in [1.82, 2.24) is 0 Å². The van der Waals surface area contributed by atoms with E-state index in [1.807, 2.05) is 0 Å². The van der Waals surface area contributed by atoms with Gasteiger partial charge in [-0.1, -0.05) is 103 Å². The Kier molecular flexibility index (Phi) is 3.89. The molecule has 0 fully saturated rings. The Morgan fingerprint density at radius 1 is 0.515 bits per heavy atom. The van der Waals surface area contributed by atoms with E-state index >= 15 is 0 Å². The predicted molar refractivity (Wildman–Crippen MR) is 138 cm³/mol. The van der Waals surface area contributed by atoms with Crippen molar-refractivity contribution in [1.29, 1.82) is 0 Å². The molecule has 0 aliphatic heterocycles. The van der Waals surface area contributed by atoms with Crippen LogP contribution in [0.3, 0.4) is 0 Å². The van der Waals surface area contributed by atoms with Crippen LogP contribution in [0.25, 0.3) is 55.3 Å². The smallest absolute Gasteiger partial charge is 0.143 e. The summed E-state index contributed by atoms with van der Waals surface area (Å²) in [6.07, 6.45) is 1.01. The van der Waals surface area contributed by atoms with E-state index in [1.165, 1.54) is 38.9 Å².